The lowest BCUT2D eigenvalue weighted by Gasteiger charge is -2.30. The van der Waals surface area contributed by atoms with Crippen molar-refractivity contribution >= 4 is 23.0 Å². The minimum atomic E-state index is 0.834. The first-order valence-corrected chi connectivity index (χ1v) is 6.18. The lowest BCUT2D eigenvalue weighted by atomic mass is 10.2. The molecule has 1 fully saturated rings. The molecule has 88 valence electrons. The highest BCUT2D eigenvalue weighted by atomic mass is 35.5. The molecule has 16 heavy (non-hydrogen) atoms. The van der Waals surface area contributed by atoms with Crippen LogP contribution in [0.25, 0.3) is 0 Å². The molecule has 1 aromatic carbocycles. The molecule has 0 aromatic heterocycles. The molecule has 4 heteroatoms. The quantitative estimate of drug-likeness (QED) is 0.847. The van der Waals surface area contributed by atoms with E-state index >= 15 is 0 Å². The highest BCUT2D eigenvalue weighted by Crippen LogP contribution is 2.28. The van der Waals surface area contributed by atoms with Crippen molar-refractivity contribution in [1.82, 2.24) is 5.32 Å². The predicted octanol–water partition coefficient (Wildman–Crippen LogP) is 2.18. The summed E-state index contributed by atoms with van der Waals surface area (Å²) in [4.78, 5) is 2.33. The van der Waals surface area contributed by atoms with Crippen LogP contribution in [0.5, 0.6) is 0 Å². The highest BCUT2D eigenvalue weighted by molar-refractivity contribution is 6.33. The normalized spacial score (nSPS) is 16.2. The van der Waals surface area contributed by atoms with E-state index in [4.69, 9.17) is 11.6 Å². The molecule has 1 saturated heterocycles. The Morgan fingerprint density at radius 2 is 2.12 bits per heavy atom. The molecule has 2 N–H and O–H groups in total. The molecule has 1 heterocycles. The Morgan fingerprint density at radius 3 is 2.75 bits per heavy atom. The summed E-state index contributed by atoms with van der Waals surface area (Å²) in [5.74, 6) is 0. The van der Waals surface area contributed by atoms with Gasteiger partial charge in [-0.05, 0) is 25.1 Å². The molecule has 1 aliphatic heterocycles. The minimum absolute atomic E-state index is 0.834. The fourth-order valence-electron chi connectivity index (χ4n) is 1.98. The molecule has 0 radical (unpaired) electrons. The maximum atomic E-state index is 6.30. The van der Waals surface area contributed by atoms with Crippen LogP contribution in [0, 0.1) is 0 Å². The Kier molecular flexibility index (Phi) is 3.91. The van der Waals surface area contributed by atoms with Gasteiger partial charge in [-0.3, -0.25) is 0 Å². The van der Waals surface area contributed by atoms with E-state index in [1.165, 1.54) is 0 Å². The summed E-state index contributed by atoms with van der Waals surface area (Å²) < 4.78 is 0. The summed E-state index contributed by atoms with van der Waals surface area (Å²) in [6, 6.07) is 6.20. The Balaban J connectivity index is 2.14. The average Bonchev–Trinajstić information content (AvgIpc) is 2.31. The van der Waals surface area contributed by atoms with Crippen LogP contribution in [0.4, 0.5) is 11.4 Å². The first-order valence-electron chi connectivity index (χ1n) is 5.80. The zero-order valence-electron chi connectivity index (χ0n) is 9.59. The minimum Gasteiger partial charge on any atom is -0.385 e. The highest BCUT2D eigenvalue weighted by Gasteiger charge is 2.13. The molecule has 0 atom stereocenters. The Hall–Kier alpha value is -0.930. The zero-order valence-corrected chi connectivity index (χ0v) is 10.3. The van der Waals surface area contributed by atoms with Crippen molar-refractivity contribution in [3.05, 3.63) is 23.2 Å². The molecule has 0 aliphatic carbocycles. The monoisotopic (exact) mass is 239 g/mol. The number of hydrogen-bond donors (Lipinski definition) is 2. The number of rotatable bonds is 3. The maximum absolute atomic E-state index is 6.30. The molecule has 2 rings (SSSR count). The lowest BCUT2D eigenvalue weighted by Crippen LogP contribution is -2.43. The zero-order chi connectivity index (χ0) is 11.4. The Morgan fingerprint density at radius 1 is 1.38 bits per heavy atom. The van der Waals surface area contributed by atoms with Gasteiger partial charge in [0.25, 0.3) is 0 Å². The SMILES string of the molecule is CCNc1ccc(N2CCNCC2)c(Cl)c1. The van der Waals surface area contributed by atoms with Crippen LogP contribution in [0.3, 0.4) is 0 Å². The largest absolute Gasteiger partial charge is 0.385 e. The lowest BCUT2D eigenvalue weighted by molar-refractivity contribution is 0.589. The molecule has 0 amide bonds. The number of anilines is 2. The van der Waals surface area contributed by atoms with Crippen LogP contribution in [0.2, 0.25) is 5.02 Å². The van der Waals surface area contributed by atoms with Crippen LogP contribution in [-0.4, -0.2) is 32.7 Å². The second kappa shape index (κ2) is 5.41. The third-order valence-corrected chi connectivity index (χ3v) is 3.09. The van der Waals surface area contributed by atoms with Gasteiger partial charge in [0.1, 0.15) is 0 Å². The van der Waals surface area contributed by atoms with Crippen LogP contribution in [-0.2, 0) is 0 Å². The van der Waals surface area contributed by atoms with Crippen LogP contribution in [0.15, 0.2) is 18.2 Å². The molecule has 0 spiro atoms. The molecular weight excluding hydrogens is 222 g/mol. The first-order chi connectivity index (χ1) is 7.81. The fraction of sp³-hybridized carbons (Fsp3) is 0.500. The molecule has 0 saturated carbocycles. The summed E-state index contributed by atoms with van der Waals surface area (Å²) in [5.41, 5.74) is 2.23. The van der Waals surface area contributed by atoms with Crippen molar-refractivity contribution in [3.8, 4) is 0 Å². The Labute approximate surface area is 102 Å². The molecule has 0 unspecified atom stereocenters. The van der Waals surface area contributed by atoms with Gasteiger partial charge in [0.15, 0.2) is 0 Å². The van der Waals surface area contributed by atoms with E-state index in [2.05, 4.69) is 34.6 Å². The topological polar surface area (TPSA) is 27.3 Å². The first kappa shape index (κ1) is 11.6. The number of halogens is 1. The van der Waals surface area contributed by atoms with Gasteiger partial charge in [0.2, 0.25) is 0 Å². The van der Waals surface area contributed by atoms with Gasteiger partial charge in [-0.2, -0.15) is 0 Å². The van der Waals surface area contributed by atoms with E-state index in [-0.39, 0.29) is 0 Å². The van der Waals surface area contributed by atoms with E-state index in [1.54, 1.807) is 0 Å². The van der Waals surface area contributed by atoms with Crippen LogP contribution in [0.1, 0.15) is 6.92 Å². The van der Waals surface area contributed by atoms with Gasteiger partial charge >= 0.3 is 0 Å². The number of benzene rings is 1. The third kappa shape index (κ3) is 2.60. The smallest absolute Gasteiger partial charge is 0.0660 e. The molecule has 1 aromatic rings. The van der Waals surface area contributed by atoms with E-state index in [0.717, 1.165) is 49.1 Å². The summed E-state index contributed by atoms with van der Waals surface area (Å²) in [6.07, 6.45) is 0. The van der Waals surface area contributed by atoms with Gasteiger partial charge < -0.3 is 15.5 Å². The van der Waals surface area contributed by atoms with Crippen LogP contribution < -0.4 is 15.5 Å². The van der Waals surface area contributed by atoms with Crippen molar-refractivity contribution in [2.45, 2.75) is 6.92 Å². The predicted molar refractivity (Wildman–Crippen MR) is 70.7 cm³/mol. The van der Waals surface area contributed by atoms with Crippen molar-refractivity contribution in [1.29, 1.82) is 0 Å². The van der Waals surface area contributed by atoms with Gasteiger partial charge in [-0.25, -0.2) is 0 Å². The summed E-state index contributed by atoms with van der Waals surface area (Å²) in [5, 5.41) is 7.44. The van der Waals surface area contributed by atoms with E-state index in [9.17, 15) is 0 Å². The summed E-state index contributed by atoms with van der Waals surface area (Å²) >= 11 is 6.30. The molecular formula is C12H18ClN3. The third-order valence-electron chi connectivity index (χ3n) is 2.79. The van der Waals surface area contributed by atoms with Gasteiger partial charge in [0, 0.05) is 38.4 Å². The summed E-state index contributed by atoms with van der Waals surface area (Å²) in [7, 11) is 0. The number of nitrogens with one attached hydrogen (secondary N) is 2. The van der Waals surface area contributed by atoms with Gasteiger partial charge in [-0.1, -0.05) is 11.6 Å². The Bertz CT molecular complexity index is 348. The van der Waals surface area contributed by atoms with Crippen molar-refractivity contribution in [2.75, 3.05) is 42.9 Å². The number of hydrogen-bond acceptors (Lipinski definition) is 3. The maximum Gasteiger partial charge on any atom is 0.0660 e. The number of nitrogens with zero attached hydrogens (tertiary/aromatic N) is 1. The van der Waals surface area contributed by atoms with E-state index in [0.29, 0.717) is 0 Å². The van der Waals surface area contributed by atoms with Gasteiger partial charge in [0.05, 0.1) is 10.7 Å². The average molecular weight is 240 g/mol. The standard InChI is InChI=1S/C12H18ClN3/c1-2-15-10-3-4-12(11(13)9-10)16-7-5-14-6-8-16/h3-4,9,14-15H,2,5-8H2,1H3. The van der Waals surface area contributed by atoms with E-state index in [1.807, 2.05) is 6.07 Å². The second-order valence-corrected chi connectivity index (χ2v) is 4.34. The van der Waals surface area contributed by atoms with Gasteiger partial charge in [-0.15, -0.1) is 0 Å². The second-order valence-electron chi connectivity index (χ2n) is 3.93. The van der Waals surface area contributed by atoms with Crippen molar-refractivity contribution in [3.63, 3.8) is 0 Å². The van der Waals surface area contributed by atoms with Crippen LogP contribution >= 0.6 is 11.6 Å². The molecule has 1 aliphatic rings. The number of piperazine rings is 1. The van der Waals surface area contributed by atoms with E-state index < -0.39 is 0 Å². The van der Waals surface area contributed by atoms with Crippen molar-refractivity contribution in [2.24, 2.45) is 0 Å². The molecule has 3 nitrogen and oxygen atoms in total. The summed E-state index contributed by atoms with van der Waals surface area (Å²) in [6.45, 7) is 7.12. The fourth-order valence-corrected chi connectivity index (χ4v) is 2.28. The van der Waals surface area contributed by atoms with Crippen molar-refractivity contribution < 1.29 is 0 Å². The molecule has 0 bridgehead atoms.